The van der Waals surface area contributed by atoms with E-state index in [4.69, 9.17) is 4.74 Å². The molecule has 1 aromatic heterocycles. The average molecular weight is 245 g/mol. The van der Waals surface area contributed by atoms with Crippen LogP contribution in [-0.2, 0) is 0 Å². The molecule has 0 fully saturated rings. The number of ether oxygens (including phenoxy) is 1. The molecule has 0 unspecified atom stereocenters. The number of fused-ring (bicyclic) bond motifs is 2. The van der Waals surface area contributed by atoms with E-state index in [1.165, 1.54) is 11.3 Å². The molecular formula is C13H11NO2S. The number of carbonyl (C=O) groups is 1. The van der Waals surface area contributed by atoms with Gasteiger partial charge < -0.3 is 9.64 Å². The van der Waals surface area contributed by atoms with E-state index in [1.54, 1.807) is 11.9 Å². The molecule has 0 saturated heterocycles. The van der Waals surface area contributed by atoms with Crippen LogP contribution in [-0.4, -0.2) is 13.0 Å². The molecule has 0 aliphatic carbocycles. The van der Waals surface area contributed by atoms with E-state index < -0.39 is 0 Å². The molecule has 3 rings (SSSR count). The zero-order valence-corrected chi connectivity index (χ0v) is 10.4. The summed E-state index contributed by atoms with van der Waals surface area (Å²) in [5.74, 6) is 1.36. The van der Waals surface area contributed by atoms with E-state index in [2.05, 4.69) is 0 Å². The minimum atomic E-state index is -0.0242. The second-order valence-corrected chi connectivity index (χ2v) is 4.83. The molecule has 17 heavy (non-hydrogen) atoms. The molecule has 1 aliphatic heterocycles. The minimum Gasteiger partial charge on any atom is -0.453 e. The lowest BCUT2D eigenvalue weighted by Gasteiger charge is -2.16. The molecule has 0 bridgehead atoms. The number of carbonyl (C=O) groups excluding carboxylic acids is 1. The van der Waals surface area contributed by atoms with Gasteiger partial charge in [0, 0.05) is 17.8 Å². The van der Waals surface area contributed by atoms with E-state index in [0.717, 1.165) is 17.0 Å². The zero-order valence-electron chi connectivity index (χ0n) is 9.56. The molecular weight excluding hydrogens is 234 g/mol. The SMILES string of the molecule is Cc1ccc2c(c1)Oc1cscc1C(=O)N2C. The normalized spacial score (nSPS) is 13.8. The predicted molar refractivity (Wildman–Crippen MR) is 68.3 cm³/mol. The maximum absolute atomic E-state index is 12.2. The quantitative estimate of drug-likeness (QED) is 0.711. The summed E-state index contributed by atoms with van der Waals surface area (Å²) in [6.07, 6.45) is 0. The summed E-state index contributed by atoms with van der Waals surface area (Å²) in [7, 11) is 1.77. The highest BCUT2D eigenvalue weighted by Gasteiger charge is 2.26. The van der Waals surface area contributed by atoms with Crippen LogP contribution in [0.3, 0.4) is 0 Å². The van der Waals surface area contributed by atoms with E-state index in [-0.39, 0.29) is 5.91 Å². The topological polar surface area (TPSA) is 29.5 Å². The van der Waals surface area contributed by atoms with E-state index in [1.807, 2.05) is 35.9 Å². The number of aryl methyl sites for hydroxylation is 1. The lowest BCUT2D eigenvalue weighted by Crippen LogP contribution is -2.24. The Balaban J connectivity index is 2.23. The van der Waals surface area contributed by atoms with Crippen molar-refractivity contribution in [3.63, 3.8) is 0 Å². The van der Waals surface area contributed by atoms with Gasteiger partial charge in [-0.15, -0.1) is 11.3 Å². The molecule has 0 radical (unpaired) electrons. The third kappa shape index (κ3) is 1.52. The Morgan fingerprint density at radius 2 is 2.06 bits per heavy atom. The van der Waals surface area contributed by atoms with Crippen LogP contribution in [0.4, 0.5) is 5.69 Å². The Morgan fingerprint density at radius 3 is 2.88 bits per heavy atom. The number of anilines is 1. The molecule has 1 amide bonds. The second-order valence-electron chi connectivity index (χ2n) is 4.09. The van der Waals surface area contributed by atoms with E-state index in [9.17, 15) is 4.79 Å². The Hall–Kier alpha value is -1.81. The molecule has 1 aromatic carbocycles. The van der Waals surface area contributed by atoms with Gasteiger partial charge in [-0.1, -0.05) is 6.07 Å². The largest absolute Gasteiger partial charge is 0.453 e. The van der Waals surface area contributed by atoms with Gasteiger partial charge >= 0.3 is 0 Å². The maximum atomic E-state index is 12.2. The van der Waals surface area contributed by atoms with Gasteiger partial charge in [0.25, 0.3) is 5.91 Å². The van der Waals surface area contributed by atoms with Gasteiger partial charge in [-0.05, 0) is 24.6 Å². The fraction of sp³-hybridized carbons (Fsp3) is 0.154. The van der Waals surface area contributed by atoms with Gasteiger partial charge in [0.1, 0.15) is 0 Å². The lowest BCUT2D eigenvalue weighted by atomic mass is 10.2. The third-order valence-corrected chi connectivity index (χ3v) is 3.58. The summed E-state index contributed by atoms with van der Waals surface area (Å²) >= 11 is 1.48. The Kier molecular flexibility index (Phi) is 2.19. The summed E-state index contributed by atoms with van der Waals surface area (Å²) < 4.78 is 5.81. The number of rotatable bonds is 0. The second kappa shape index (κ2) is 3.60. The molecule has 0 N–H and O–H groups in total. The van der Waals surface area contributed by atoms with Crippen molar-refractivity contribution in [1.82, 2.24) is 0 Å². The summed E-state index contributed by atoms with van der Waals surface area (Å²) in [4.78, 5) is 13.8. The Labute approximate surface area is 103 Å². The van der Waals surface area contributed by atoms with Gasteiger partial charge in [-0.2, -0.15) is 0 Å². The number of amides is 1. The van der Waals surface area contributed by atoms with Gasteiger partial charge in [0.2, 0.25) is 0 Å². The fourth-order valence-corrected chi connectivity index (χ4v) is 2.63. The van der Waals surface area contributed by atoms with Crippen molar-refractivity contribution < 1.29 is 9.53 Å². The number of thiophene rings is 1. The first kappa shape index (κ1) is 10.4. The van der Waals surface area contributed by atoms with Gasteiger partial charge in [-0.25, -0.2) is 0 Å². The molecule has 2 aromatic rings. The van der Waals surface area contributed by atoms with Crippen molar-refractivity contribution in [2.24, 2.45) is 0 Å². The van der Waals surface area contributed by atoms with E-state index >= 15 is 0 Å². The molecule has 3 nitrogen and oxygen atoms in total. The number of benzene rings is 1. The van der Waals surface area contributed by atoms with Crippen molar-refractivity contribution in [3.05, 3.63) is 40.1 Å². The number of hydrogen-bond donors (Lipinski definition) is 0. The third-order valence-electron chi connectivity index (χ3n) is 2.86. The van der Waals surface area contributed by atoms with Crippen molar-refractivity contribution in [2.45, 2.75) is 6.92 Å². The van der Waals surface area contributed by atoms with Crippen LogP contribution >= 0.6 is 11.3 Å². The number of nitrogens with zero attached hydrogens (tertiary/aromatic N) is 1. The smallest absolute Gasteiger partial charge is 0.262 e. The first-order chi connectivity index (χ1) is 8.16. The van der Waals surface area contributed by atoms with Gasteiger partial charge in [0.15, 0.2) is 11.5 Å². The van der Waals surface area contributed by atoms with Crippen molar-refractivity contribution in [1.29, 1.82) is 0 Å². The molecule has 86 valence electrons. The highest BCUT2D eigenvalue weighted by molar-refractivity contribution is 7.08. The summed E-state index contributed by atoms with van der Waals surface area (Å²) in [6, 6.07) is 5.84. The molecule has 2 heterocycles. The van der Waals surface area contributed by atoms with Crippen molar-refractivity contribution >= 4 is 22.9 Å². The average Bonchev–Trinajstić information content (AvgIpc) is 2.72. The van der Waals surface area contributed by atoms with Crippen LogP contribution in [0.1, 0.15) is 15.9 Å². The van der Waals surface area contributed by atoms with Crippen LogP contribution in [0.2, 0.25) is 0 Å². The first-order valence-corrected chi connectivity index (χ1v) is 6.24. The zero-order chi connectivity index (χ0) is 12.0. The highest BCUT2D eigenvalue weighted by atomic mass is 32.1. The summed E-state index contributed by atoms with van der Waals surface area (Å²) in [5.41, 5.74) is 2.55. The van der Waals surface area contributed by atoms with Crippen LogP contribution < -0.4 is 9.64 Å². The summed E-state index contributed by atoms with van der Waals surface area (Å²) in [6.45, 7) is 2.00. The molecule has 0 saturated carbocycles. The highest BCUT2D eigenvalue weighted by Crippen LogP contribution is 2.40. The minimum absolute atomic E-state index is 0.0242. The first-order valence-electron chi connectivity index (χ1n) is 5.29. The van der Waals surface area contributed by atoms with Crippen LogP contribution in [0.5, 0.6) is 11.5 Å². The molecule has 0 atom stereocenters. The maximum Gasteiger partial charge on any atom is 0.262 e. The van der Waals surface area contributed by atoms with Crippen LogP contribution in [0.25, 0.3) is 0 Å². The van der Waals surface area contributed by atoms with Gasteiger partial charge in [0.05, 0.1) is 11.3 Å². The van der Waals surface area contributed by atoms with E-state index in [0.29, 0.717) is 11.3 Å². The standard InChI is InChI=1S/C13H11NO2S/c1-8-3-4-10-11(5-8)16-12-7-17-6-9(12)13(15)14(10)2/h3-7H,1-2H3. The van der Waals surface area contributed by atoms with Crippen LogP contribution in [0, 0.1) is 6.92 Å². The van der Waals surface area contributed by atoms with Crippen LogP contribution in [0.15, 0.2) is 29.0 Å². The molecule has 1 aliphatic rings. The van der Waals surface area contributed by atoms with Crippen molar-refractivity contribution in [3.8, 4) is 11.5 Å². The number of hydrogen-bond acceptors (Lipinski definition) is 3. The monoisotopic (exact) mass is 245 g/mol. The Bertz CT molecular complexity index is 603. The van der Waals surface area contributed by atoms with Crippen molar-refractivity contribution in [2.75, 3.05) is 11.9 Å². The lowest BCUT2D eigenvalue weighted by molar-refractivity contribution is 0.0993. The fourth-order valence-electron chi connectivity index (χ4n) is 1.91. The predicted octanol–water partition coefficient (Wildman–Crippen LogP) is 3.44. The molecule has 4 heteroatoms. The summed E-state index contributed by atoms with van der Waals surface area (Å²) in [5, 5.41) is 3.69. The molecule has 0 spiro atoms. The Morgan fingerprint density at radius 1 is 1.24 bits per heavy atom. The van der Waals surface area contributed by atoms with Gasteiger partial charge in [-0.3, -0.25) is 4.79 Å².